The van der Waals surface area contributed by atoms with Gasteiger partial charge >= 0.3 is 0 Å². The smallest absolute Gasteiger partial charge is 0.221 e. The number of nitrogens with zero attached hydrogens (tertiary/aromatic N) is 1. The predicted octanol–water partition coefficient (Wildman–Crippen LogP) is 2.33. The average molecular weight is 247 g/mol. The molecule has 5 heteroatoms. The fourth-order valence-electron chi connectivity index (χ4n) is 1.68. The van der Waals surface area contributed by atoms with Crippen LogP contribution in [0, 0.1) is 5.41 Å². The lowest BCUT2D eigenvalue weighted by Crippen LogP contribution is -2.11. The zero-order chi connectivity index (χ0) is 12.4. The van der Waals surface area contributed by atoms with Gasteiger partial charge in [0.1, 0.15) is 0 Å². The van der Waals surface area contributed by atoms with Gasteiger partial charge in [-0.1, -0.05) is 17.4 Å². The Morgan fingerprint density at radius 3 is 3.06 bits per heavy atom. The number of allylic oxidation sites excluding steroid dienone is 1. The Labute approximate surface area is 103 Å². The van der Waals surface area contributed by atoms with E-state index >= 15 is 0 Å². The number of aromatic nitrogens is 1. The van der Waals surface area contributed by atoms with Crippen molar-refractivity contribution in [2.75, 3.05) is 5.32 Å². The Balaban J connectivity index is 2.53. The van der Waals surface area contributed by atoms with E-state index in [-0.39, 0.29) is 5.91 Å². The summed E-state index contributed by atoms with van der Waals surface area (Å²) >= 11 is 1.39. The summed E-state index contributed by atoms with van der Waals surface area (Å²) in [6.45, 7) is 5.79. The minimum absolute atomic E-state index is 0.0917. The number of rotatable bonds is 3. The molecule has 0 spiro atoms. The Morgan fingerprint density at radius 2 is 2.41 bits per heavy atom. The highest BCUT2D eigenvalue weighted by atomic mass is 32.1. The number of benzene rings is 1. The number of anilines is 1. The van der Waals surface area contributed by atoms with Gasteiger partial charge < -0.3 is 9.88 Å². The minimum atomic E-state index is -0.0917. The number of carbonyl (C=O) groups excluding carboxylic acids is 1. The molecular weight excluding hydrogens is 234 g/mol. The molecule has 0 unspecified atom stereocenters. The van der Waals surface area contributed by atoms with Gasteiger partial charge in [-0.3, -0.25) is 10.2 Å². The Kier molecular flexibility index (Phi) is 3.10. The zero-order valence-electron chi connectivity index (χ0n) is 9.49. The second kappa shape index (κ2) is 4.55. The molecule has 0 saturated heterocycles. The fraction of sp³-hybridized carbons (Fsp3) is 0.167. The molecule has 2 N–H and O–H groups in total. The molecular formula is C12H13N3OS. The van der Waals surface area contributed by atoms with E-state index in [2.05, 4.69) is 11.9 Å². The molecule has 0 radical (unpaired) electrons. The van der Waals surface area contributed by atoms with E-state index in [0.29, 0.717) is 11.3 Å². The van der Waals surface area contributed by atoms with E-state index in [4.69, 9.17) is 5.41 Å². The van der Waals surface area contributed by atoms with Crippen LogP contribution in [0.15, 0.2) is 30.9 Å². The van der Waals surface area contributed by atoms with Gasteiger partial charge in [-0.2, -0.15) is 0 Å². The lowest BCUT2D eigenvalue weighted by molar-refractivity contribution is -0.114. The molecule has 0 aliphatic carbocycles. The molecule has 2 aromatic rings. The number of hydrogen-bond acceptors (Lipinski definition) is 3. The van der Waals surface area contributed by atoms with Gasteiger partial charge in [0.05, 0.1) is 10.2 Å². The first-order valence-electron chi connectivity index (χ1n) is 5.18. The highest BCUT2D eigenvalue weighted by Gasteiger charge is 2.05. The number of hydrogen-bond donors (Lipinski definition) is 2. The second-order valence-corrected chi connectivity index (χ2v) is 4.70. The molecule has 0 aliphatic heterocycles. The molecule has 0 saturated carbocycles. The third-order valence-corrected chi connectivity index (χ3v) is 3.30. The van der Waals surface area contributed by atoms with Gasteiger partial charge in [-0.05, 0) is 18.2 Å². The SMILES string of the molecule is C=CCn1c(=N)sc2cc(NC(C)=O)ccc21. The van der Waals surface area contributed by atoms with E-state index in [1.807, 2.05) is 22.8 Å². The topological polar surface area (TPSA) is 57.9 Å². The number of carbonyl (C=O) groups is 1. The maximum atomic E-state index is 11.0. The van der Waals surface area contributed by atoms with Crippen LogP contribution in [0.4, 0.5) is 5.69 Å². The van der Waals surface area contributed by atoms with Gasteiger partial charge in [0.25, 0.3) is 0 Å². The van der Waals surface area contributed by atoms with Crippen LogP contribution in [0.25, 0.3) is 10.2 Å². The van der Waals surface area contributed by atoms with Gasteiger partial charge in [0.2, 0.25) is 5.91 Å². The Hall–Kier alpha value is -1.88. The summed E-state index contributed by atoms with van der Waals surface area (Å²) in [4.78, 5) is 11.4. The Bertz CT molecular complexity index is 639. The minimum Gasteiger partial charge on any atom is -0.326 e. The van der Waals surface area contributed by atoms with Crippen LogP contribution >= 0.6 is 11.3 Å². The molecule has 1 amide bonds. The quantitative estimate of drug-likeness (QED) is 0.803. The summed E-state index contributed by atoms with van der Waals surface area (Å²) < 4.78 is 2.87. The Morgan fingerprint density at radius 1 is 1.65 bits per heavy atom. The first-order chi connectivity index (χ1) is 8.11. The molecule has 1 aromatic carbocycles. The third-order valence-electron chi connectivity index (χ3n) is 2.33. The first-order valence-corrected chi connectivity index (χ1v) is 6.00. The molecule has 4 nitrogen and oxygen atoms in total. The van der Waals surface area contributed by atoms with Crippen LogP contribution in [0.3, 0.4) is 0 Å². The van der Waals surface area contributed by atoms with Crippen molar-refractivity contribution in [3.8, 4) is 0 Å². The first kappa shape index (κ1) is 11.6. The number of thiazole rings is 1. The largest absolute Gasteiger partial charge is 0.326 e. The third kappa shape index (κ3) is 2.29. The van der Waals surface area contributed by atoms with Crippen LogP contribution < -0.4 is 10.1 Å². The van der Waals surface area contributed by atoms with E-state index < -0.39 is 0 Å². The lowest BCUT2D eigenvalue weighted by atomic mass is 10.3. The van der Waals surface area contributed by atoms with Gasteiger partial charge in [0, 0.05) is 19.2 Å². The van der Waals surface area contributed by atoms with Crippen LogP contribution in [0.2, 0.25) is 0 Å². The standard InChI is InChI=1S/C12H13N3OS/c1-3-6-15-10-5-4-9(14-8(2)16)7-11(10)17-12(15)13/h3-5,7,13H,1,6H2,2H3,(H,14,16). The maximum absolute atomic E-state index is 11.0. The van der Waals surface area contributed by atoms with Gasteiger partial charge in [0.15, 0.2) is 4.80 Å². The van der Waals surface area contributed by atoms with Crippen molar-refractivity contribution < 1.29 is 4.79 Å². The predicted molar refractivity (Wildman–Crippen MR) is 70.2 cm³/mol. The van der Waals surface area contributed by atoms with Crippen molar-refractivity contribution >= 4 is 33.1 Å². The van der Waals surface area contributed by atoms with Crippen molar-refractivity contribution in [2.24, 2.45) is 0 Å². The summed E-state index contributed by atoms with van der Waals surface area (Å²) in [5, 5.41) is 10.6. The molecule has 0 atom stereocenters. The van der Waals surface area contributed by atoms with Crippen LogP contribution in [-0.2, 0) is 11.3 Å². The molecule has 0 fully saturated rings. The monoisotopic (exact) mass is 247 g/mol. The van der Waals surface area contributed by atoms with E-state index in [9.17, 15) is 4.79 Å². The molecule has 17 heavy (non-hydrogen) atoms. The zero-order valence-corrected chi connectivity index (χ0v) is 10.3. The highest BCUT2D eigenvalue weighted by molar-refractivity contribution is 7.16. The summed E-state index contributed by atoms with van der Waals surface area (Å²) in [6, 6.07) is 5.65. The van der Waals surface area contributed by atoms with Gasteiger partial charge in [-0.25, -0.2) is 0 Å². The van der Waals surface area contributed by atoms with Crippen molar-refractivity contribution in [2.45, 2.75) is 13.5 Å². The van der Waals surface area contributed by atoms with Crippen LogP contribution in [0.1, 0.15) is 6.92 Å². The maximum Gasteiger partial charge on any atom is 0.221 e. The van der Waals surface area contributed by atoms with Crippen LogP contribution in [-0.4, -0.2) is 10.5 Å². The molecule has 88 valence electrons. The van der Waals surface area contributed by atoms with Crippen molar-refractivity contribution in [1.29, 1.82) is 5.41 Å². The summed E-state index contributed by atoms with van der Waals surface area (Å²) in [6.07, 6.45) is 1.77. The molecule has 2 rings (SSSR count). The van der Waals surface area contributed by atoms with Gasteiger partial charge in [-0.15, -0.1) is 6.58 Å². The number of fused-ring (bicyclic) bond motifs is 1. The average Bonchev–Trinajstić information content (AvgIpc) is 2.54. The van der Waals surface area contributed by atoms with E-state index in [1.165, 1.54) is 18.3 Å². The van der Waals surface area contributed by atoms with Crippen molar-refractivity contribution in [3.05, 3.63) is 35.7 Å². The van der Waals surface area contributed by atoms with Crippen molar-refractivity contribution in [1.82, 2.24) is 4.57 Å². The van der Waals surface area contributed by atoms with Crippen molar-refractivity contribution in [3.63, 3.8) is 0 Å². The van der Waals surface area contributed by atoms with E-state index in [1.54, 1.807) is 6.08 Å². The fourth-order valence-corrected chi connectivity index (χ4v) is 2.64. The number of nitrogens with one attached hydrogen (secondary N) is 2. The molecule has 1 heterocycles. The lowest BCUT2D eigenvalue weighted by Gasteiger charge is -2.03. The summed E-state index contributed by atoms with van der Waals surface area (Å²) in [5.41, 5.74) is 1.76. The van der Waals surface area contributed by atoms with Crippen LogP contribution in [0.5, 0.6) is 0 Å². The molecule has 0 bridgehead atoms. The highest BCUT2D eigenvalue weighted by Crippen LogP contribution is 2.21. The molecule has 1 aromatic heterocycles. The van der Waals surface area contributed by atoms with E-state index in [0.717, 1.165) is 15.9 Å². The molecule has 0 aliphatic rings. The summed E-state index contributed by atoms with van der Waals surface area (Å²) in [5.74, 6) is -0.0917. The normalized spacial score (nSPS) is 10.4. The second-order valence-electron chi connectivity index (χ2n) is 3.67. The number of amides is 1. The summed E-state index contributed by atoms with van der Waals surface area (Å²) in [7, 11) is 0.